The van der Waals surface area contributed by atoms with Crippen molar-refractivity contribution in [1.29, 1.82) is 0 Å². The smallest absolute Gasteiger partial charge is 0.336 e. The molecule has 0 saturated heterocycles. The average molecular weight is 735 g/mol. The minimum absolute atomic E-state index is 0.0110. The third kappa shape index (κ3) is 7.90. The number of anilines is 4. The lowest BCUT2D eigenvalue weighted by Crippen LogP contribution is -2.34. The molecule has 7 N–H and O–H groups in total. The van der Waals surface area contributed by atoms with E-state index in [-0.39, 0.29) is 47.6 Å². The summed E-state index contributed by atoms with van der Waals surface area (Å²) in [7, 11) is 0. The molecule has 55 heavy (non-hydrogen) atoms. The van der Waals surface area contributed by atoms with E-state index in [1.54, 1.807) is 85.1 Å². The molecule has 0 radical (unpaired) electrons. The summed E-state index contributed by atoms with van der Waals surface area (Å²) in [5.74, 6) is -0.416. The van der Waals surface area contributed by atoms with Gasteiger partial charge in [0.1, 0.15) is 28.8 Å². The summed E-state index contributed by atoms with van der Waals surface area (Å²) in [5.41, 5.74) is 4.08. The molecule has 13 heteroatoms. The number of nitrogens with zero attached hydrogens (tertiary/aromatic N) is 2. The maximum Gasteiger partial charge on any atom is 0.336 e. The van der Waals surface area contributed by atoms with Crippen LogP contribution in [0.5, 0.6) is 23.0 Å². The molecule has 7 rings (SSSR count). The van der Waals surface area contributed by atoms with Crippen LogP contribution in [0.3, 0.4) is 0 Å². The highest BCUT2D eigenvalue weighted by molar-refractivity contribution is 6.02. The maximum absolute atomic E-state index is 13.2. The number of phenolic OH excluding ortho intramolecular Hbond substituents is 2. The van der Waals surface area contributed by atoms with Gasteiger partial charge in [0, 0.05) is 70.3 Å². The molecule has 6 aromatic rings. The molecule has 13 nitrogen and oxygen atoms in total. The fraction of sp³-hybridized carbons (Fsp3) is 0.0714. The fourth-order valence-electron chi connectivity index (χ4n) is 6.09. The van der Waals surface area contributed by atoms with Gasteiger partial charge in [-0.25, -0.2) is 9.78 Å². The fourth-order valence-corrected chi connectivity index (χ4v) is 6.09. The predicted molar refractivity (Wildman–Crippen MR) is 207 cm³/mol. The Kier molecular flexibility index (Phi) is 9.82. The molecular weight excluding hydrogens is 700 g/mol. The van der Waals surface area contributed by atoms with Gasteiger partial charge in [-0.3, -0.25) is 9.59 Å². The normalized spacial score (nSPS) is 11.4. The van der Waals surface area contributed by atoms with Gasteiger partial charge in [0.05, 0.1) is 5.56 Å². The minimum Gasteiger partial charge on any atom is -0.508 e. The van der Waals surface area contributed by atoms with E-state index in [1.165, 1.54) is 24.3 Å². The summed E-state index contributed by atoms with van der Waals surface area (Å²) in [6.07, 6.45) is 1.58. The minimum atomic E-state index is -1.23. The first-order valence-electron chi connectivity index (χ1n) is 17.1. The Morgan fingerprint density at radius 2 is 1.47 bits per heavy atom. The van der Waals surface area contributed by atoms with Crippen molar-refractivity contribution in [2.45, 2.75) is 6.92 Å². The molecule has 5 aromatic carbocycles. The van der Waals surface area contributed by atoms with Gasteiger partial charge in [-0.1, -0.05) is 36.9 Å². The number of hydrogen-bond acceptors (Lipinski definition) is 10. The highest BCUT2D eigenvalue weighted by Crippen LogP contribution is 2.39. The van der Waals surface area contributed by atoms with Crippen LogP contribution in [0.25, 0.3) is 12.2 Å². The number of nitrogens with one attached hydrogen (secondary N) is 4. The molecule has 0 fully saturated rings. The Bertz CT molecular complexity index is 2630. The number of aromatic carboxylic acids is 1. The van der Waals surface area contributed by atoms with Gasteiger partial charge in [-0.2, -0.15) is 4.98 Å². The van der Waals surface area contributed by atoms with E-state index in [1.807, 2.05) is 6.92 Å². The number of rotatable bonds is 11. The summed E-state index contributed by atoms with van der Waals surface area (Å²) in [6.45, 7) is 6.03. The number of benzene rings is 5. The van der Waals surface area contributed by atoms with Gasteiger partial charge in [0.25, 0.3) is 11.8 Å². The lowest BCUT2D eigenvalue weighted by Gasteiger charge is -2.22. The SMILES string of the molecule is C=c1ccc2c(c1)Oc1cc(O)ccc1C=2c1ccc(C(=O)NCCNC(=O)c2cccc(Nc3nccc(Nc4cc(O)ccc4C)n3)c2)cc1C(=O)O. The molecular formula is C42H34N6O7. The van der Waals surface area contributed by atoms with Gasteiger partial charge < -0.3 is 41.3 Å². The molecule has 0 aliphatic carbocycles. The highest BCUT2D eigenvalue weighted by atomic mass is 16.5. The van der Waals surface area contributed by atoms with Crippen LogP contribution >= 0.6 is 0 Å². The number of carboxylic acids is 1. The molecule has 1 aliphatic rings. The topological polar surface area (TPSA) is 195 Å². The third-order valence-electron chi connectivity index (χ3n) is 8.77. The van der Waals surface area contributed by atoms with E-state index in [0.29, 0.717) is 61.4 Å². The van der Waals surface area contributed by atoms with E-state index >= 15 is 0 Å². The molecule has 1 aromatic heterocycles. The van der Waals surface area contributed by atoms with Crippen LogP contribution < -0.4 is 36.4 Å². The number of phenols is 2. The lowest BCUT2D eigenvalue weighted by molar-refractivity contribution is 0.0696. The van der Waals surface area contributed by atoms with E-state index in [2.05, 4.69) is 37.8 Å². The number of aromatic nitrogens is 2. The largest absolute Gasteiger partial charge is 0.508 e. The second-order valence-corrected chi connectivity index (χ2v) is 12.7. The lowest BCUT2D eigenvalue weighted by atomic mass is 9.88. The number of ether oxygens (including phenoxy) is 1. The summed E-state index contributed by atoms with van der Waals surface area (Å²) >= 11 is 0. The number of carbonyl (C=O) groups is 3. The van der Waals surface area contributed by atoms with E-state index in [9.17, 15) is 29.7 Å². The van der Waals surface area contributed by atoms with E-state index < -0.39 is 11.9 Å². The Morgan fingerprint density at radius 1 is 0.745 bits per heavy atom. The maximum atomic E-state index is 13.2. The summed E-state index contributed by atoms with van der Waals surface area (Å²) < 4.78 is 6.03. The predicted octanol–water partition coefficient (Wildman–Crippen LogP) is 5.30. The van der Waals surface area contributed by atoms with Crippen LogP contribution in [0.2, 0.25) is 0 Å². The van der Waals surface area contributed by atoms with Crippen LogP contribution in [-0.4, -0.2) is 56.2 Å². The van der Waals surface area contributed by atoms with Gasteiger partial charge in [0.2, 0.25) is 5.95 Å². The summed E-state index contributed by atoms with van der Waals surface area (Å²) in [6, 6.07) is 27.8. The average Bonchev–Trinajstić information content (AvgIpc) is 3.16. The molecule has 0 saturated carbocycles. The van der Waals surface area contributed by atoms with Crippen LogP contribution in [0.15, 0.2) is 109 Å². The van der Waals surface area contributed by atoms with Gasteiger partial charge in [-0.15, -0.1) is 0 Å². The second kappa shape index (κ2) is 15.1. The van der Waals surface area contributed by atoms with Crippen LogP contribution in [0, 0.1) is 6.92 Å². The third-order valence-corrected chi connectivity index (χ3v) is 8.77. The number of carbonyl (C=O) groups excluding carboxylic acids is 2. The van der Waals surface area contributed by atoms with Crippen molar-refractivity contribution in [3.05, 3.63) is 153 Å². The van der Waals surface area contributed by atoms with Gasteiger partial charge in [-0.05, 0) is 83.9 Å². The number of fused-ring (bicyclic) bond motifs is 2. The van der Waals surface area contributed by atoms with Gasteiger partial charge >= 0.3 is 5.97 Å². The quantitative estimate of drug-likeness (QED) is 0.0852. The number of carboxylic acid groups (broad SMARTS) is 1. The zero-order chi connectivity index (χ0) is 38.6. The molecule has 2 heterocycles. The first-order valence-corrected chi connectivity index (χ1v) is 17.1. The molecule has 0 spiro atoms. The van der Waals surface area contributed by atoms with E-state index in [0.717, 1.165) is 5.56 Å². The second-order valence-electron chi connectivity index (χ2n) is 12.7. The number of aryl methyl sites for hydroxylation is 1. The van der Waals surface area contributed by atoms with Crippen LogP contribution in [0.1, 0.15) is 47.8 Å². The van der Waals surface area contributed by atoms with Gasteiger partial charge in [0.15, 0.2) is 0 Å². The first kappa shape index (κ1) is 35.7. The summed E-state index contributed by atoms with van der Waals surface area (Å²) in [4.78, 5) is 47.5. The number of hydrogen-bond donors (Lipinski definition) is 7. The Morgan fingerprint density at radius 3 is 2.25 bits per heavy atom. The first-order chi connectivity index (χ1) is 26.5. The number of amides is 2. The van der Waals surface area contributed by atoms with E-state index in [4.69, 9.17) is 4.74 Å². The van der Waals surface area contributed by atoms with Crippen molar-refractivity contribution in [3.63, 3.8) is 0 Å². The zero-order valence-electron chi connectivity index (χ0n) is 29.4. The molecule has 0 bridgehead atoms. The van der Waals surface area contributed by atoms with Crippen molar-refractivity contribution >= 4 is 53.1 Å². The van der Waals surface area contributed by atoms with Crippen molar-refractivity contribution in [2.75, 3.05) is 23.7 Å². The molecule has 1 aliphatic heterocycles. The van der Waals surface area contributed by atoms with Crippen molar-refractivity contribution in [2.24, 2.45) is 0 Å². The summed E-state index contributed by atoms with van der Waals surface area (Å²) in [5, 5.41) is 43.3. The Hall–Kier alpha value is -7.67. The van der Waals surface area contributed by atoms with Crippen molar-refractivity contribution in [1.82, 2.24) is 20.6 Å². The molecule has 0 unspecified atom stereocenters. The van der Waals surface area contributed by atoms with Crippen molar-refractivity contribution < 1.29 is 34.4 Å². The zero-order valence-corrected chi connectivity index (χ0v) is 29.4. The monoisotopic (exact) mass is 734 g/mol. The molecule has 2 amide bonds. The Labute approximate surface area is 314 Å². The Balaban J connectivity index is 0.995. The molecule has 0 atom stereocenters. The highest BCUT2D eigenvalue weighted by Gasteiger charge is 2.25. The van der Waals surface area contributed by atoms with Crippen LogP contribution in [0.4, 0.5) is 23.1 Å². The standard InChI is InChI=1S/C42H34N6O7/c1-23-6-11-31-35(18-23)55-36-22-29(50)10-13-32(36)38(31)30-12-8-26(20-33(30)41(53)54)40(52)44-17-16-43-39(51)25-4-3-5-27(19-25)46-42-45-15-14-37(48-42)47-34-21-28(49)9-7-24(34)2/h3-15,18-22,49-50H,1,16-17H2,2H3,(H,43,51)(H,44,52)(H,53,54)(H2,45,46,47,48). The molecule has 274 valence electrons. The van der Waals surface area contributed by atoms with Crippen molar-refractivity contribution in [3.8, 4) is 23.0 Å². The number of aromatic hydroxyl groups is 2. The van der Waals surface area contributed by atoms with Crippen LogP contribution in [-0.2, 0) is 0 Å².